The molecule has 0 aromatic heterocycles. The van der Waals surface area contributed by atoms with E-state index in [4.69, 9.17) is 4.74 Å². The molecule has 1 aromatic rings. The summed E-state index contributed by atoms with van der Waals surface area (Å²) in [6, 6.07) is 9.01. The van der Waals surface area contributed by atoms with Crippen molar-refractivity contribution < 1.29 is 9.53 Å². The van der Waals surface area contributed by atoms with Crippen molar-refractivity contribution in [1.82, 2.24) is 0 Å². The van der Waals surface area contributed by atoms with Crippen molar-refractivity contribution in [1.29, 1.82) is 0 Å². The van der Waals surface area contributed by atoms with E-state index in [-0.39, 0.29) is 35.5 Å². The minimum Gasteiger partial charge on any atom is -0.462 e. The number of rotatable bonds is 3. The van der Waals surface area contributed by atoms with Gasteiger partial charge in [-0.1, -0.05) is 25.1 Å². The smallest absolute Gasteiger partial charge is 0.338 e. The van der Waals surface area contributed by atoms with Gasteiger partial charge in [-0.3, -0.25) is 0 Å². The second-order valence-electron chi connectivity index (χ2n) is 2.50. The summed E-state index contributed by atoms with van der Waals surface area (Å²) in [6.07, 6.45) is 0.860. The van der Waals surface area contributed by atoms with Crippen molar-refractivity contribution in [3.05, 3.63) is 35.9 Å². The van der Waals surface area contributed by atoms with Gasteiger partial charge in [0, 0.05) is 29.6 Å². The molecule has 0 bridgehead atoms. The Balaban J connectivity index is 0.00000144. The standard InChI is InChI=1S/C10H12O2.Na/c1-2-8-12-10(11)9-6-4-3-5-7-9;/h3-7H,2,8H2,1H3;. The molecule has 0 amide bonds. The van der Waals surface area contributed by atoms with Crippen molar-refractivity contribution in [2.45, 2.75) is 13.3 Å². The molecule has 0 N–H and O–H groups in total. The summed E-state index contributed by atoms with van der Waals surface area (Å²) in [5.74, 6) is -0.238. The molecule has 2 nitrogen and oxygen atoms in total. The van der Waals surface area contributed by atoms with E-state index in [2.05, 4.69) is 0 Å². The van der Waals surface area contributed by atoms with Crippen LogP contribution < -0.4 is 0 Å². The van der Waals surface area contributed by atoms with Crippen molar-refractivity contribution >= 4 is 35.5 Å². The van der Waals surface area contributed by atoms with E-state index < -0.39 is 0 Å². The van der Waals surface area contributed by atoms with Gasteiger partial charge in [-0.15, -0.1) is 0 Å². The van der Waals surface area contributed by atoms with Gasteiger partial charge >= 0.3 is 5.97 Å². The number of esters is 1. The number of ether oxygens (including phenoxy) is 1. The minimum atomic E-state index is -0.238. The maximum Gasteiger partial charge on any atom is 0.338 e. The summed E-state index contributed by atoms with van der Waals surface area (Å²) in [6.45, 7) is 2.46. The van der Waals surface area contributed by atoms with Crippen LogP contribution in [0.4, 0.5) is 0 Å². The van der Waals surface area contributed by atoms with Crippen LogP contribution in [0.3, 0.4) is 0 Å². The van der Waals surface area contributed by atoms with E-state index in [1.807, 2.05) is 25.1 Å². The summed E-state index contributed by atoms with van der Waals surface area (Å²) >= 11 is 0. The topological polar surface area (TPSA) is 26.3 Å². The Labute approximate surface area is 101 Å². The van der Waals surface area contributed by atoms with E-state index in [0.717, 1.165) is 6.42 Å². The predicted molar refractivity (Wildman–Crippen MR) is 52.8 cm³/mol. The largest absolute Gasteiger partial charge is 0.462 e. The van der Waals surface area contributed by atoms with Crippen LogP contribution in [0.2, 0.25) is 0 Å². The third kappa shape index (κ3) is 4.46. The number of carbonyl (C=O) groups excluding carboxylic acids is 1. The van der Waals surface area contributed by atoms with Crippen molar-refractivity contribution in [3.63, 3.8) is 0 Å². The molecular formula is C10H12NaO2. The predicted octanol–water partition coefficient (Wildman–Crippen LogP) is 1.87. The second kappa shape index (κ2) is 7.13. The van der Waals surface area contributed by atoms with Gasteiger partial charge in [0.2, 0.25) is 0 Å². The zero-order valence-corrected chi connectivity index (χ0v) is 10.1. The van der Waals surface area contributed by atoms with Crippen LogP contribution in [0.5, 0.6) is 0 Å². The molecule has 0 atom stereocenters. The fourth-order valence-corrected chi connectivity index (χ4v) is 0.852. The van der Waals surface area contributed by atoms with Crippen LogP contribution in [0.1, 0.15) is 23.7 Å². The Morgan fingerprint density at radius 1 is 1.31 bits per heavy atom. The number of carbonyl (C=O) groups is 1. The van der Waals surface area contributed by atoms with Crippen LogP contribution in [0, 0.1) is 0 Å². The van der Waals surface area contributed by atoms with E-state index >= 15 is 0 Å². The first-order valence-electron chi connectivity index (χ1n) is 4.06. The summed E-state index contributed by atoms with van der Waals surface area (Å²) in [4.78, 5) is 11.2. The number of benzene rings is 1. The zero-order chi connectivity index (χ0) is 8.81. The average Bonchev–Trinajstić information content (AvgIpc) is 2.15. The Morgan fingerprint density at radius 3 is 2.46 bits per heavy atom. The molecule has 0 aliphatic carbocycles. The molecule has 3 heteroatoms. The molecule has 0 fully saturated rings. The van der Waals surface area contributed by atoms with Crippen molar-refractivity contribution in [3.8, 4) is 0 Å². The van der Waals surface area contributed by atoms with Gasteiger partial charge in [-0.2, -0.15) is 0 Å². The monoisotopic (exact) mass is 187 g/mol. The molecule has 0 heterocycles. The molecule has 1 radical (unpaired) electrons. The van der Waals surface area contributed by atoms with Crippen LogP contribution in [-0.2, 0) is 4.74 Å². The quantitative estimate of drug-likeness (QED) is 0.533. The Bertz CT molecular complexity index is 246. The molecule has 13 heavy (non-hydrogen) atoms. The van der Waals surface area contributed by atoms with Gasteiger partial charge in [-0.05, 0) is 18.6 Å². The van der Waals surface area contributed by atoms with Crippen molar-refractivity contribution in [2.75, 3.05) is 6.61 Å². The maximum absolute atomic E-state index is 11.2. The van der Waals surface area contributed by atoms with Crippen LogP contribution in [-0.4, -0.2) is 42.1 Å². The third-order valence-electron chi connectivity index (χ3n) is 1.45. The van der Waals surface area contributed by atoms with Gasteiger partial charge in [-0.25, -0.2) is 4.79 Å². The minimum absolute atomic E-state index is 0. The molecule has 1 aromatic carbocycles. The molecule has 1 rings (SSSR count). The molecule has 65 valence electrons. The Morgan fingerprint density at radius 2 is 1.92 bits per heavy atom. The van der Waals surface area contributed by atoms with Gasteiger partial charge < -0.3 is 4.74 Å². The maximum atomic E-state index is 11.2. The second-order valence-corrected chi connectivity index (χ2v) is 2.50. The molecule has 0 unspecified atom stereocenters. The van der Waals surface area contributed by atoms with E-state index in [0.29, 0.717) is 12.2 Å². The van der Waals surface area contributed by atoms with Gasteiger partial charge in [0.1, 0.15) is 0 Å². The normalized spacial score (nSPS) is 8.69. The Hall–Kier alpha value is -0.310. The first kappa shape index (κ1) is 12.7. The summed E-state index contributed by atoms with van der Waals surface area (Å²) in [5, 5.41) is 0. The fourth-order valence-electron chi connectivity index (χ4n) is 0.852. The van der Waals surface area contributed by atoms with Gasteiger partial charge in [0.25, 0.3) is 0 Å². The van der Waals surface area contributed by atoms with Crippen LogP contribution in [0.25, 0.3) is 0 Å². The molecule has 0 spiro atoms. The first-order valence-corrected chi connectivity index (χ1v) is 4.06. The molecular weight excluding hydrogens is 175 g/mol. The first-order chi connectivity index (χ1) is 5.84. The fraction of sp³-hybridized carbons (Fsp3) is 0.300. The molecule has 0 aliphatic rings. The number of hydrogen-bond donors (Lipinski definition) is 0. The van der Waals surface area contributed by atoms with Crippen LogP contribution >= 0.6 is 0 Å². The van der Waals surface area contributed by atoms with Crippen LogP contribution in [0.15, 0.2) is 30.3 Å². The molecule has 0 aliphatic heterocycles. The van der Waals surface area contributed by atoms with E-state index in [1.54, 1.807) is 12.1 Å². The van der Waals surface area contributed by atoms with E-state index in [9.17, 15) is 4.79 Å². The Kier molecular flexibility index (Phi) is 6.96. The summed E-state index contributed by atoms with van der Waals surface area (Å²) < 4.78 is 4.94. The summed E-state index contributed by atoms with van der Waals surface area (Å²) in [5.41, 5.74) is 0.617. The average molecular weight is 187 g/mol. The third-order valence-corrected chi connectivity index (χ3v) is 1.45. The summed E-state index contributed by atoms with van der Waals surface area (Å²) in [7, 11) is 0. The molecule has 0 saturated heterocycles. The van der Waals surface area contributed by atoms with E-state index in [1.165, 1.54) is 0 Å². The van der Waals surface area contributed by atoms with Gasteiger partial charge in [0.05, 0.1) is 12.2 Å². The number of hydrogen-bond acceptors (Lipinski definition) is 2. The van der Waals surface area contributed by atoms with Crippen molar-refractivity contribution in [2.24, 2.45) is 0 Å². The zero-order valence-electron chi connectivity index (χ0n) is 8.12. The van der Waals surface area contributed by atoms with Gasteiger partial charge in [0.15, 0.2) is 0 Å². The molecule has 0 saturated carbocycles. The SMILES string of the molecule is CCCOC(=O)c1ccccc1.[Na].